The second-order valence-corrected chi connectivity index (χ2v) is 10.9. The lowest BCUT2D eigenvalue weighted by molar-refractivity contribution is 0.0934. The Balaban J connectivity index is 1.56. The number of nitrogens with one attached hydrogen (secondary N) is 3. The smallest absolute Gasteiger partial charge is 0.271 e. The summed E-state index contributed by atoms with van der Waals surface area (Å²) < 4.78 is 56.8. The number of rotatable bonds is 6. The van der Waals surface area contributed by atoms with Crippen molar-refractivity contribution >= 4 is 15.7 Å². The average molecular weight is 489 g/mol. The average Bonchev–Trinajstić information content (AvgIpc) is 3.34. The van der Waals surface area contributed by atoms with Gasteiger partial charge in [0.1, 0.15) is 17.3 Å². The van der Waals surface area contributed by atoms with Crippen LogP contribution in [0.5, 0.6) is 0 Å². The van der Waals surface area contributed by atoms with Crippen LogP contribution in [0.4, 0.5) is 8.78 Å². The van der Waals surface area contributed by atoms with Crippen molar-refractivity contribution in [3.8, 4) is 0 Å². The number of amides is 1. The molecular formula is C24H26F2N4O3S. The van der Waals surface area contributed by atoms with E-state index in [1.54, 1.807) is 31.2 Å². The molecule has 0 spiro atoms. The molecule has 10 heteroatoms. The molecule has 1 saturated heterocycles. The minimum absolute atomic E-state index is 0.0250. The minimum Gasteiger partial charge on any atom is -0.350 e. The first-order valence-electron chi connectivity index (χ1n) is 11.0. The number of hydrogen-bond donors (Lipinski definition) is 3. The number of aromatic nitrogens is 2. The number of H-pyrrole nitrogens is 1. The van der Waals surface area contributed by atoms with Gasteiger partial charge in [-0.25, -0.2) is 22.2 Å². The van der Waals surface area contributed by atoms with Gasteiger partial charge in [-0.05, 0) is 43.5 Å². The van der Waals surface area contributed by atoms with Gasteiger partial charge >= 0.3 is 0 Å². The molecule has 1 fully saturated rings. The molecule has 1 aromatic heterocycles. The third-order valence-electron chi connectivity index (χ3n) is 6.30. The molecule has 0 aliphatic carbocycles. The van der Waals surface area contributed by atoms with Crippen molar-refractivity contribution in [2.24, 2.45) is 0 Å². The van der Waals surface area contributed by atoms with E-state index in [2.05, 4.69) is 20.6 Å². The van der Waals surface area contributed by atoms with Crippen molar-refractivity contribution < 1.29 is 22.0 Å². The zero-order chi connectivity index (χ0) is 24.5. The lowest BCUT2D eigenvalue weighted by Crippen LogP contribution is -2.53. The van der Waals surface area contributed by atoms with Crippen LogP contribution in [-0.2, 0) is 16.3 Å². The van der Waals surface area contributed by atoms with Gasteiger partial charge in [-0.15, -0.1) is 0 Å². The largest absolute Gasteiger partial charge is 0.350 e. The number of hydrogen-bond acceptors (Lipinski definition) is 5. The van der Waals surface area contributed by atoms with Gasteiger partial charge in [-0.2, -0.15) is 0 Å². The maximum Gasteiger partial charge on any atom is 0.271 e. The van der Waals surface area contributed by atoms with Gasteiger partial charge in [0.05, 0.1) is 22.9 Å². The second-order valence-electron chi connectivity index (χ2n) is 8.54. The Morgan fingerprint density at radius 3 is 2.62 bits per heavy atom. The molecule has 3 aromatic rings. The fraction of sp³-hybridized carbons (Fsp3) is 0.333. The number of aromatic amines is 1. The first-order valence-corrected chi connectivity index (χ1v) is 12.6. The van der Waals surface area contributed by atoms with Crippen LogP contribution in [0.25, 0.3) is 0 Å². The molecule has 2 unspecified atom stereocenters. The van der Waals surface area contributed by atoms with Crippen LogP contribution in [0.3, 0.4) is 0 Å². The number of nitrogens with zero attached hydrogens (tertiary/aromatic N) is 1. The predicted octanol–water partition coefficient (Wildman–Crippen LogP) is 3.24. The van der Waals surface area contributed by atoms with Gasteiger partial charge < -0.3 is 15.6 Å². The maximum absolute atomic E-state index is 15.0. The van der Waals surface area contributed by atoms with E-state index < -0.39 is 50.0 Å². The summed E-state index contributed by atoms with van der Waals surface area (Å²) in [6.45, 7) is 3.52. The number of halogens is 2. The SMILES string of the molecule is CC(NC(=O)c1c[nH]cn1)c1cc(F)c(CC2[C@H](C)NC[C@@H](c3ccccc3)S2(=O)=O)cc1F. The monoisotopic (exact) mass is 488 g/mol. The third-order valence-corrected chi connectivity index (χ3v) is 8.96. The molecule has 0 saturated carbocycles. The molecule has 1 aliphatic heterocycles. The van der Waals surface area contributed by atoms with Crippen LogP contribution in [0.15, 0.2) is 55.0 Å². The van der Waals surface area contributed by atoms with Crippen LogP contribution in [-0.4, -0.2) is 42.1 Å². The van der Waals surface area contributed by atoms with Crippen LogP contribution in [0.1, 0.15) is 52.3 Å². The van der Waals surface area contributed by atoms with Gasteiger partial charge in [0.25, 0.3) is 5.91 Å². The summed E-state index contributed by atoms with van der Waals surface area (Å²) in [7, 11) is -3.68. The Kier molecular flexibility index (Phi) is 6.81. The first kappa shape index (κ1) is 24.0. The van der Waals surface area contributed by atoms with Crippen molar-refractivity contribution in [3.05, 3.63) is 89.0 Å². The van der Waals surface area contributed by atoms with Crippen molar-refractivity contribution in [2.75, 3.05) is 6.54 Å². The molecule has 4 rings (SSSR count). The fourth-order valence-corrected chi connectivity index (χ4v) is 6.71. The standard InChI is InChI=1S/C24H26F2N4O3S/c1-14(30-24(31)21-11-27-13-29-21)18-10-19(25)17(8-20(18)26)9-22-15(2)28-12-23(34(22,32)33)16-6-4-3-5-7-16/h3-8,10-11,13-15,22-23,28H,9,12H2,1-2H3,(H,27,29)(H,30,31)/t14?,15-,22?,23-/m0/s1. The van der Waals surface area contributed by atoms with Gasteiger partial charge in [0, 0.05) is 24.3 Å². The molecule has 180 valence electrons. The number of sulfone groups is 1. The summed E-state index contributed by atoms with van der Waals surface area (Å²) in [5.74, 6) is -1.97. The van der Waals surface area contributed by atoms with Crippen LogP contribution in [0.2, 0.25) is 0 Å². The van der Waals surface area contributed by atoms with E-state index >= 15 is 4.39 Å². The van der Waals surface area contributed by atoms with Crippen LogP contribution < -0.4 is 10.6 Å². The summed E-state index contributed by atoms with van der Waals surface area (Å²) in [4.78, 5) is 18.7. The minimum atomic E-state index is -3.68. The van der Waals surface area contributed by atoms with E-state index in [1.807, 2.05) is 6.07 Å². The van der Waals surface area contributed by atoms with E-state index in [9.17, 15) is 17.6 Å². The zero-order valence-electron chi connectivity index (χ0n) is 18.8. The van der Waals surface area contributed by atoms with Gasteiger partial charge in [-0.1, -0.05) is 30.3 Å². The van der Waals surface area contributed by atoms with Crippen molar-refractivity contribution in [1.82, 2.24) is 20.6 Å². The van der Waals surface area contributed by atoms with E-state index in [4.69, 9.17) is 0 Å². The van der Waals surface area contributed by atoms with Crippen molar-refractivity contribution in [3.63, 3.8) is 0 Å². The Labute approximate surface area is 196 Å². The molecule has 1 amide bonds. The topological polar surface area (TPSA) is 104 Å². The molecule has 0 bridgehead atoms. The third kappa shape index (κ3) is 4.74. The van der Waals surface area contributed by atoms with Crippen molar-refractivity contribution in [2.45, 2.75) is 42.9 Å². The van der Waals surface area contributed by atoms with E-state index in [0.717, 1.165) is 12.1 Å². The van der Waals surface area contributed by atoms with Gasteiger partial charge in [0.2, 0.25) is 0 Å². The number of imidazole rings is 1. The highest BCUT2D eigenvalue weighted by atomic mass is 32.2. The summed E-state index contributed by atoms with van der Waals surface area (Å²) in [6, 6.07) is 9.65. The molecule has 2 aromatic carbocycles. The highest BCUT2D eigenvalue weighted by Gasteiger charge is 2.42. The van der Waals surface area contributed by atoms with Gasteiger partial charge in [-0.3, -0.25) is 4.79 Å². The Bertz CT molecular complexity index is 1270. The number of carbonyl (C=O) groups is 1. The first-order chi connectivity index (χ1) is 16.2. The van der Waals surface area contributed by atoms with Crippen molar-refractivity contribution in [1.29, 1.82) is 0 Å². The molecule has 34 heavy (non-hydrogen) atoms. The highest BCUT2D eigenvalue weighted by Crippen LogP contribution is 2.33. The summed E-state index contributed by atoms with van der Waals surface area (Å²) >= 11 is 0. The molecule has 2 heterocycles. The zero-order valence-corrected chi connectivity index (χ0v) is 19.6. The van der Waals surface area contributed by atoms with E-state index in [-0.39, 0.29) is 29.8 Å². The quantitative estimate of drug-likeness (QED) is 0.494. The highest BCUT2D eigenvalue weighted by molar-refractivity contribution is 7.92. The lowest BCUT2D eigenvalue weighted by atomic mass is 9.99. The predicted molar refractivity (Wildman–Crippen MR) is 124 cm³/mol. The Morgan fingerprint density at radius 1 is 1.21 bits per heavy atom. The summed E-state index contributed by atoms with van der Waals surface area (Å²) in [5.41, 5.74) is 0.727. The molecule has 1 aliphatic rings. The molecule has 3 N–H and O–H groups in total. The second kappa shape index (κ2) is 9.63. The van der Waals surface area contributed by atoms with E-state index in [1.165, 1.54) is 19.4 Å². The Morgan fingerprint density at radius 2 is 1.94 bits per heavy atom. The van der Waals surface area contributed by atoms with Crippen LogP contribution >= 0.6 is 0 Å². The molecule has 4 atom stereocenters. The summed E-state index contributed by atoms with van der Waals surface area (Å²) in [6.07, 6.45) is 2.56. The maximum atomic E-state index is 15.0. The van der Waals surface area contributed by atoms with Crippen LogP contribution in [0, 0.1) is 11.6 Å². The fourth-order valence-electron chi connectivity index (χ4n) is 4.35. The normalized spacial score (nSPS) is 22.8. The molecular weight excluding hydrogens is 462 g/mol. The lowest BCUT2D eigenvalue weighted by Gasteiger charge is -2.35. The number of benzene rings is 2. The van der Waals surface area contributed by atoms with Gasteiger partial charge in [0.15, 0.2) is 9.84 Å². The Hall–Kier alpha value is -3.11. The van der Waals surface area contributed by atoms with E-state index in [0.29, 0.717) is 5.56 Å². The molecule has 7 nitrogen and oxygen atoms in total. The number of carbonyl (C=O) groups excluding carboxylic acids is 1. The summed E-state index contributed by atoms with van der Waals surface area (Å²) in [5, 5.41) is 4.09. The molecule has 0 radical (unpaired) electrons.